The van der Waals surface area contributed by atoms with E-state index in [-0.39, 0.29) is 6.17 Å². The van der Waals surface area contributed by atoms with Crippen molar-refractivity contribution in [1.29, 1.82) is 0 Å². The number of aryl methyl sites for hydroxylation is 1. The molecule has 6 heteroatoms. The van der Waals surface area contributed by atoms with Crippen molar-refractivity contribution in [2.75, 3.05) is 5.06 Å². The first-order chi connectivity index (χ1) is 12.1. The lowest BCUT2D eigenvalue weighted by Gasteiger charge is -2.40. The molecule has 1 atom stereocenters. The van der Waals surface area contributed by atoms with E-state index in [4.69, 9.17) is 16.5 Å². The lowest BCUT2D eigenvalue weighted by molar-refractivity contribution is 0.0557. The molecule has 1 aromatic carbocycles. The Morgan fingerprint density at radius 1 is 1.08 bits per heavy atom. The van der Waals surface area contributed by atoms with E-state index < -0.39 is 0 Å². The van der Waals surface area contributed by atoms with E-state index in [0.717, 1.165) is 22.5 Å². The Morgan fingerprint density at radius 2 is 1.88 bits per heavy atom. The van der Waals surface area contributed by atoms with E-state index in [0.29, 0.717) is 10.8 Å². The summed E-state index contributed by atoms with van der Waals surface area (Å²) in [5.74, 6) is 1.44. The van der Waals surface area contributed by atoms with Gasteiger partial charge in [-0.2, -0.15) is 0 Å². The van der Waals surface area contributed by atoms with Crippen molar-refractivity contribution in [1.82, 2.24) is 9.88 Å². The maximum Gasteiger partial charge on any atom is 0.184 e. The van der Waals surface area contributed by atoms with Crippen LogP contribution in [0.25, 0.3) is 0 Å². The van der Waals surface area contributed by atoms with Crippen molar-refractivity contribution in [3.63, 3.8) is 0 Å². The minimum atomic E-state index is -0.165. The van der Waals surface area contributed by atoms with Crippen LogP contribution in [0.5, 0.6) is 0 Å². The highest BCUT2D eigenvalue weighted by atomic mass is 35.5. The summed E-state index contributed by atoms with van der Waals surface area (Å²) in [6.07, 6.45) is 7.84. The Hall–Kier alpha value is -2.79. The number of aromatic nitrogens is 1. The Bertz CT molecular complexity index is 871. The van der Waals surface area contributed by atoms with Crippen LogP contribution in [0.1, 0.15) is 18.1 Å². The average molecular weight is 353 g/mol. The largest absolute Gasteiger partial charge is 0.302 e. The molecule has 0 saturated heterocycles. The Morgan fingerprint density at radius 3 is 2.60 bits per heavy atom. The van der Waals surface area contributed by atoms with Gasteiger partial charge in [-0.15, -0.1) is 5.06 Å². The van der Waals surface area contributed by atoms with Crippen LogP contribution in [0.15, 0.2) is 71.7 Å². The average Bonchev–Trinajstić information content (AvgIpc) is 2.62. The van der Waals surface area contributed by atoms with E-state index in [1.165, 1.54) is 0 Å². The summed E-state index contributed by atoms with van der Waals surface area (Å²) >= 11 is 6.00. The van der Waals surface area contributed by atoms with E-state index in [2.05, 4.69) is 40.3 Å². The van der Waals surface area contributed by atoms with E-state index in [1.807, 2.05) is 49.5 Å². The van der Waals surface area contributed by atoms with Crippen molar-refractivity contribution >= 4 is 23.3 Å². The Balaban J connectivity index is 1.74. The number of pyridine rings is 1. The second-order valence-corrected chi connectivity index (χ2v) is 6.51. The molecule has 25 heavy (non-hydrogen) atoms. The third-order valence-electron chi connectivity index (χ3n) is 4.08. The zero-order chi connectivity index (χ0) is 17.4. The number of rotatable bonds is 2. The van der Waals surface area contributed by atoms with Gasteiger partial charge in [0.15, 0.2) is 17.8 Å². The molecule has 3 heterocycles. The maximum absolute atomic E-state index is 6.00. The van der Waals surface area contributed by atoms with Crippen LogP contribution in [0.2, 0.25) is 5.02 Å². The monoisotopic (exact) mass is 352 g/mol. The topological polar surface area (TPSA) is 41.0 Å². The molecule has 5 nitrogen and oxygen atoms in total. The van der Waals surface area contributed by atoms with Gasteiger partial charge in [0, 0.05) is 23.0 Å². The van der Waals surface area contributed by atoms with Crippen LogP contribution in [-0.2, 0) is 4.94 Å². The normalized spacial score (nSPS) is 19.1. The fourth-order valence-corrected chi connectivity index (χ4v) is 2.92. The molecule has 0 spiro atoms. The van der Waals surface area contributed by atoms with Crippen LogP contribution >= 0.6 is 11.6 Å². The van der Waals surface area contributed by atoms with Crippen LogP contribution in [0.3, 0.4) is 0 Å². The molecule has 126 valence electrons. The highest BCUT2D eigenvalue weighted by Crippen LogP contribution is 2.28. The first kappa shape index (κ1) is 15.7. The zero-order valence-electron chi connectivity index (χ0n) is 13.9. The number of hydroxylamine groups is 1. The number of anilines is 1. The minimum absolute atomic E-state index is 0.165. The van der Waals surface area contributed by atoms with Gasteiger partial charge in [0.1, 0.15) is 0 Å². The molecule has 0 saturated carbocycles. The summed E-state index contributed by atoms with van der Waals surface area (Å²) in [7, 11) is 0. The number of nitrogens with zero attached hydrogens (tertiary/aromatic N) is 4. The third-order valence-corrected chi connectivity index (χ3v) is 4.34. The van der Waals surface area contributed by atoms with Gasteiger partial charge in [0.2, 0.25) is 0 Å². The standard InChI is InChI=1S/C19H17ClN4O/c1-13-3-9-17(21-11-13)24-18-10-4-14(2)12-23(18)19(22-25-24)15-5-7-16(20)8-6-15/h3-12,18H,1-2H3/t18-/m1/s1. The minimum Gasteiger partial charge on any atom is -0.302 e. The molecule has 4 rings (SSSR count). The molecule has 1 aromatic heterocycles. The molecule has 2 aliphatic heterocycles. The molecule has 2 aliphatic rings. The van der Waals surface area contributed by atoms with Crippen molar-refractivity contribution < 1.29 is 4.94 Å². The second kappa shape index (κ2) is 6.26. The quantitative estimate of drug-likeness (QED) is 0.809. The third kappa shape index (κ3) is 2.98. The summed E-state index contributed by atoms with van der Waals surface area (Å²) in [6, 6.07) is 11.5. The number of amidine groups is 1. The fraction of sp³-hybridized carbons (Fsp3) is 0.158. The van der Waals surface area contributed by atoms with Gasteiger partial charge in [-0.25, -0.2) is 4.98 Å². The first-order valence-corrected chi connectivity index (χ1v) is 8.37. The van der Waals surface area contributed by atoms with Crippen LogP contribution in [0.4, 0.5) is 5.82 Å². The van der Waals surface area contributed by atoms with Gasteiger partial charge < -0.3 is 4.90 Å². The van der Waals surface area contributed by atoms with E-state index in [1.54, 1.807) is 5.06 Å². The number of benzene rings is 1. The lowest BCUT2D eigenvalue weighted by atomic mass is 10.1. The molecule has 0 unspecified atom stereocenters. The summed E-state index contributed by atoms with van der Waals surface area (Å²) in [5.41, 5.74) is 3.17. The molecule has 0 amide bonds. The summed E-state index contributed by atoms with van der Waals surface area (Å²) in [4.78, 5) is 12.2. The van der Waals surface area contributed by atoms with Crippen molar-refractivity contribution in [3.8, 4) is 0 Å². The molecular weight excluding hydrogens is 336 g/mol. The van der Waals surface area contributed by atoms with Crippen LogP contribution in [0, 0.1) is 6.92 Å². The molecule has 0 N–H and O–H groups in total. The molecule has 0 bridgehead atoms. The van der Waals surface area contributed by atoms with Crippen LogP contribution in [-0.4, -0.2) is 21.9 Å². The second-order valence-electron chi connectivity index (χ2n) is 6.08. The van der Waals surface area contributed by atoms with Gasteiger partial charge in [0.25, 0.3) is 0 Å². The smallest absolute Gasteiger partial charge is 0.184 e. The summed E-state index contributed by atoms with van der Waals surface area (Å²) in [6.45, 7) is 4.06. The van der Waals surface area contributed by atoms with Gasteiger partial charge in [0.05, 0.1) is 0 Å². The van der Waals surface area contributed by atoms with Crippen molar-refractivity contribution in [2.24, 2.45) is 5.16 Å². The molecule has 0 radical (unpaired) electrons. The molecular formula is C19H17ClN4O. The number of hydrogen-bond acceptors (Lipinski definition) is 5. The predicted molar refractivity (Wildman–Crippen MR) is 99.1 cm³/mol. The van der Waals surface area contributed by atoms with Gasteiger partial charge in [-0.1, -0.05) is 23.7 Å². The van der Waals surface area contributed by atoms with Crippen molar-refractivity contribution in [3.05, 3.63) is 82.7 Å². The number of oxime groups is 1. The van der Waals surface area contributed by atoms with Gasteiger partial charge in [-0.05, 0) is 66.5 Å². The maximum atomic E-state index is 6.00. The lowest BCUT2D eigenvalue weighted by Crippen LogP contribution is -2.52. The highest BCUT2D eigenvalue weighted by molar-refractivity contribution is 6.30. The zero-order valence-corrected chi connectivity index (χ0v) is 14.7. The number of halogens is 1. The summed E-state index contributed by atoms with van der Waals surface area (Å²) in [5, 5.41) is 6.72. The molecule has 0 fully saturated rings. The predicted octanol–water partition coefficient (Wildman–Crippen LogP) is 4.26. The summed E-state index contributed by atoms with van der Waals surface area (Å²) < 4.78 is 0. The number of fused-ring (bicyclic) bond motifs is 1. The Kier molecular flexibility index (Phi) is 3.93. The van der Waals surface area contributed by atoms with Crippen LogP contribution < -0.4 is 5.06 Å². The molecule has 2 aromatic rings. The first-order valence-electron chi connectivity index (χ1n) is 8.00. The SMILES string of the molecule is CC1=CN2C(c3ccc(Cl)cc3)=NON(c3ccc(C)cn3)[C@@H]2C=C1. The Labute approximate surface area is 151 Å². The van der Waals surface area contributed by atoms with E-state index in [9.17, 15) is 0 Å². The fourth-order valence-electron chi connectivity index (χ4n) is 2.79. The molecule has 0 aliphatic carbocycles. The highest BCUT2D eigenvalue weighted by Gasteiger charge is 2.34. The van der Waals surface area contributed by atoms with Crippen molar-refractivity contribution in [2.45, 2.75) is 20.0 Å². The number of hydrogen-bond donors (Lipinski definition) is 0. The van der Waals surface area contributed by atoms with E-state index >= 15 is 0 Å². The van der Waals surface area contributed by atoms with Gasteiger partial charge >= 0.3 is 0 Å². The van der Waals surface area contributed by atoms with Gasteiger partial charge in [-0.3, -0.25) is 4.94 Å². The number of allylic oxidation sites excluding steroid dienone is 2.